The Morgan fingerprint density at radius 1 is 1.11 bits per heavy atom. The molecule has 15 heteroatoms. The molecule has 0 bridgehead atoms. The third-order valence-corrected chi connectivity index (χ3v) is 8.24. The molecule has 186 valence electrons. The number of nitrogen functional groups attached to an aromatic ring is 1. The highest BCUT2D eigenvalue weighted by Gasteiger charge is 2.25. The number of nitrogens with two attached hydrogens (primary N) is 1. The second-order valence-electron chi connectivity index (χ2n) is 7.71. The van der Waals surface area contributed by atoms with Gasteiger partial charge in [-0.2, -0.15) is 0 Å². The molecule has 0 spiro atoms. The number of hydroxylamine groups is 1. The number of nitrogens with one attached hydrogen (secondary N) is 2. The molecule has 0 radical (unpaired) electrons. The molecule has 3 aromatic heterocycles. The SMILES string of the molecule is Nc1ccc(-c2nc(N3CCOCC3)c3sc(S(=O)(=O)Nc4ncc(C(=O)NO)cn4)cc3n2)cc1. The molecule has 1 amide bonds. The molecular formula is C21H20N8O5S2. The maximum Gasteiger partial charge on any atom is 0.277 e. The summed E-state index contributed by atoms with van der Waals surface area (Å²) < 4.78 is 34.6. The summed E-state index contributed by atoms with van der Waals surface area (Å²) in [6.45, 7) is 2.27. The number of aromatic nitrogens is 4. The molecule has 0 unspecified atom stereocenters. The number of carbonyl (C=O) groups excluding carboxylic acids is 1. The molecule has 5 N–H and O–H groups in total. The van der Waals surface area contributed by atoms with Crippen molar-refractivity contribution in [2.24, 2.45) is 0 Å². The average molecular weight is 529 g/mol. The maximum absolute atomic E-state index is 13.1. The van der Waals surface area contributed by atoms with Gasteiger partial charge in [-0.3, -0.25) is 10.0 Å². The standard InChI is InChI=1S/C21H20N8O5S2/c22-14-3-1-12(2-4-14)18-25-15-9-16(35-17(15)19(26-18)29-5-7-34-8-6-29)36(32,33)28-21-23-10-13(11-24-21)20(30)27-31/h1-4,9-11,31H,5-8,22H2,(H,27,30)(H,23,24,28). The molecule has 1 saturated heterocycles. The summed E-state index contributed by atoms with van der Waals surface area (Å²) in [5.74, 6) is 0.0148. The Morgan fingerprint density at radius 3 is 2.47 bits per heavy atom. The van der Waals surface area contributed by atoms with Gasteiger partial charge < -0.3 is 15.4 Å². The molecule has 1 aromatic carbocycles. The van der Waals surface area contributed by atoms with E-state index in [-0.39, 0.29) is 15.7 Å². The van der Waals surface area contributed by atoms with Crippen LogP contribution in [0.1, 0.15) is 10.4 Å². The van der Waals surface area contributed by atoms with E-state index in [9.17, 15) is 13.2 Å². The topological polar surface area (TPSA) is 186 Å². The zero-order valence-corrected chi connectivity index (χ0v) is 20.2. The summed E-state index contributed by atoms with van der Waals surface area (Å²) in [5, 5.41) is 8.69. The van der Waals surface area contributed by atoms with E-state index in [4.69, 9.17) is 20.7 Å². The second kappa shape index (κ2) is 9.62. The van der Waals surface area contributed by atoms with Crippen molar-refractivity contribution in [2.45, 2.75) is 4.21 Å². The first kappa shape index (κ1) is 23.8. The quantitative estimate of drug-likeness (QED) is 0.161. The molecule has 4 aromatic rings. The van der Waals surface area contributed by atoms with Crippen LogP contribution in [0.3, 0.4) is 0 Å². The molecule has 4 heterocycles. The van der Waals surface area contributed by atoms with Gasteiger partial charge in [0.05, 0.1) is 29.0 Å². The number of anilines is 3. The van der Waals surface area contributed by atoms with E-state index < -0.39 is 15.9 Å². The van der Waals surface area contributed by atoms with Crippen LogP contribution in [0.4, 0.5) is 17.5 Å². The van der Waals surface area contributed by atoms with Gasteiger partial charge in [0.1, 0.15) is 4.21 Å². The number of nitrogens with zero attached hydrogens (tertiary/aromatic N) is 5. The van der Waals surface area contributed by atoms with Crippen LogP contribution >= 0.6 is 11.3 Å². The molecule has 1 aliphatic rings. The fourth-order valence-electron chi connectivity index (χ4n) is 3.51. The highest BCUT2D eigenvalue weighted by molar-refractivity contribution is 7.94. The molecule has 5 rings (SSSR count). The molecular weight excluding hydrogens is 508 g/mol. The lowest BCUT2D eigenvalue weighted by Crippen LogP contribution is -2.36. The molecule has 13 nitrogen and oxygen atoms in total. The van der Waals surface area contributed by atoms with E-state index in [1.807, 2.05) is 17.0 Å². The number of sulfonamides is 1. The van der Waals surface area contributed by atoms with Crippen molar-refractivity contribution in [3.8, 4) is 11.4 Å². The van der Waals surface area contributed by atoms with Crippen LogP contribution in [-0.4, -0.2) is 65.8 Å². The number of amides is 1. The first-order valence-corrected chi connectivity index (χ1v) is 12.9. The van der Waals surface area contributed by atoms with E-state index in [0.717, 1.165) is 29.3 Å². The lowest BCUT2D eigenvalue weighted by atomic mass is 10.2. The fraction of sp³-hybridized carbons (Fsp3) is 0.190. The molecule has 0 atom stereocenters. The Morgan fingerprint density at radius 2 is 1.81 bits per heavy atom. The van der Waals surface area contributed by atoms with Crippen LogP contribution in [0.5, 0.6) is 0 Å². The smallest absolute Gasteiger partial charge is 0.277 e. The summed E-state index contributed by atoms with van der Waals surface area (Å²) in [6.07, 6.45) is 2.17. The van der Waals surface area contributed by atoms with Crippen LogP contribution < -0.4 is 20.8 Å². The normalized spacial score (nSPS) is 14.1. The predicted molar refractivity (Wildman–Crippen MR) is 132 cm³/mol. The summed E-state index contributed by atoms with van der Waals surface area (Å²) in [5.41, 5.74) is 9.05. The van der Waals surface area contributed by atoms with Crippen molar-refractivity contribution in [3.63, 3.8) is 0 Å². The highest BCUT2D eigenvalue weighted by atomic mass is 32.2. The number of hydrogen-bond donors (Lipinski definition) is 4. The minimum atomic E-state index is -4.08. The van der Waals surface area contributed by atoms with Crippen molar-refractivity contribution in [2.75, 3.05) is 41.7 Å². The van der Waals surface area contributed by atoms with Crippen LogP contribution in [-0.2, 0) is 14.8 Å². The van der Waals surface area contributed by atoms with E-state index in [1.165, 1.54) is 11.5 Å². The largest absolute Gasteiger partial charge is 0.399 e. The van der Waals surface area contributed by atoms with Crippen molar-refractivity contribution in [1.82, 2.24) is 25.4 Å². The maximum atomic E-state index is 13.1. The average Bonchev–Trinajstić information content (AvgIpc) is 3.34. The van der Waals surface area contributed by atoms with E-state index in [2.05, 4.69) is 19.7 Å². The Kier molecular flexibility index (Phi) is 6.36. The monoisotopic (exact) mass is 528 g/mol. The number of benzene rings is 1. The van der Waals surface area contributed by atoms with Gasteiger partial charge >= 0.3 is 0 Å². The molecule has 36 heavy (non-hydrogen) atoms. The predicted octanol–water partition coefficient (Wildman–Crippen LogP) is 1.49. The summed E-state index contributed by atoms with van der Waals surface area (Å²) in [6, 6.07) is 8.59. The van der Waals surface area contributed by atoms with Gasteiger partial charge in [0, 0.05) is 36.7 Å². The van der Waals surface area contributed by atoms with Crippen LogP contribution in [0.15, 0.2) is 46.9 Å². The van der Waals surface area contributed by atoms with E-state index >= 15 is 0 Å². The van der Waals surface area contributed by atoms with Crippen LogP contribution in [0, 0.1) is 0 Å². The number of carbonyl (C=O) groups is 1. The lowest BCUT2D eigenvalue weighted by Gasteiger charge is -2.28. The third kappa shape index (κ3) is 4.76. The summed E-state index contributed by atoms with van der Waals surface area (Å²) >= 11 is 1.03. The number of ether oxygens (including phenoxy) is 1. The molecule has 1 fully saturated rings. The molecule has 0 saturated carbocycles. The number of rotatable bonds is 6. The van der Waals surface area contributed by atoms with Crippen molar-refractivity contribution in [3.05, 3.63) is 48.3 Å². The zero-order valence-electron chi connectivity index (χ0n) is 18.6. The molecule has 0 aliphatic carbocycles. The van der Waals surface area contributed by atoms with Gasteiger partial charge in [-0.25, -0.2) is 38.6 Å². The summed E-state index contributed by atoms with van der Waals surface area (Å²) in [7, 11) is -4.08. The van der Waals surface area contributed by atoms with Crippen molar-refractivity contribution in [1.29, 1.82) is 0 Å². The Labute approximate surface area is 209 Å². The first-order chi connectivity index (χ1) is 17.3. The Bertz CT molecular complexity index is 1520. The number of fused-ring (bicyclic) bond motifs is 1. The van der Waals surface area contributed by atoms with Crippen LogP contribution in [0.2, 0.25) is 0 Å². The van der Waals surface area contributed by atoms with Gasteiger partial charge in [-0.1, -0.05) is 0 Å². The first-order valence-electron chi connectivity index (χ1n) is 10.6. The van der Waals surface area contributed by atoms with Gasteiger partial charge in [0.25, 0.3) is 15.9 Å². The number of thiophene rings is 1. The minimum absolute atomic E-state index is 0.00320. The lowest BCUT2D eigenvalue weighted by molar-refractivity contribution is 0.0705. The fourth-order valence-corrected chi connectivity index (χ4v) is 5.88. The Balaban J connectivity index is 1.54. The Hall–Kier alpha value is -3.92. The van der Waals surface area contributed by atoms with Gasteiger partial charge in [0.15, 0.2) is 11.6 Å². The molecule has 1 aliphatic heterocycles. The minimum Gasteiger partial charge on any atom is -0.399 e. The van der Waals surface area contributed by atoms with Gasteiger partial charge in [-0.05, 0) is 30.3 Å². The third-order valence-electron chi connectivity index (χ3n) is 5.32. The van der Waals surface area contributed by atoms with Gasteiger partial charge in [0.2, 0.25) is 5.95 Å². The summed E-state index contributed by atoms with van der Waals surface area (Å²) in [4.78, 5) is 30.5. The van der Waals surface area contributed by atoms with Crippen LogP contribution in [0.25, 0.3) is 21.6 Å². The number of hydrogen-bond acceptors (Lipinski definition) is 12. The van der Waals surface area contributed by atoms with E-state index in [1.54, 1.807) is 12.1 Å². The highest BCUT2D eigenvalue weighted by Crippen LogP contribution is 2.36. The van der Waals surface area contributed by atoms with Crippen molar-refractivity contribution >= 4 is 54.9 Å². The second-order valence-corrected chi connectivity index (χ2v) is 10.7. The number of morpholine rings is 1. The van der Waals surface area contributed by atoms with E-state index in [0.29, 0.717) is 53.8 Å². The van der Waals surface area contributed by atoms with Crippen molar-refractivity contribution < 1.29 is 23.2 Å². The van der Waals surface area contributed by atoms with Gasteiger partial charge in [-0.15, -0.1) is 11.3 Å². The zero-order chi connectivity index (χ0) is 25.3.